The van der Waals surface area contributed by atoms with Crippen LogP contribution in [0.3, 0.4) is 0 Å². The molecule has 2 rings (SSSR count). The largest absolute Gasteiger partial charge is 0.308 e. The molecule has 2 nitrogen and oxygen atoms in total. The highest BCUT2D eigenvalue weighted by Gasteiger charge is 2.13. The number of aromatic nitrogens is 1. The Morgan fingerprint density at radius 3 is 2.80 bits per heavy atom. The maximum Gasteiger partial charge on any atom is 0.0579 e. The van der Waals surface area contributed by atoms with E-state index in [0.29, 0.717) is 0 Å². The van der Waals surface area contributed by atoms with Crippen LogP contribution in [0, 0.1) is 6.92 Å². The number of hydrogen-bond acceptors (Lipinski definition) is 2. The van der Waals surface area contributed by atoms with E-state index in [9.17, 15) is 0 Å². The van der Waals surface area contributed by atoms with E-state index in [1.54, 1.807) is 0 Å². The number of rotatable bonds is 6. The zero-order chi connectivity index (χ0) is 14.4. The minimum absolute atomic E-state index is 0.268. The molecule has 0 saturated carbocycles. The second-order valence-electron chi connectivity index (χ2n) is 5.10. The van der Waals surface area contributed by atoms with Crippen LogP contribution in [-0.4, -0.2) is 11.5 Å². The maximum absolute atomic E-state index is 4.54. The number of nitrogens with zero attached hydrogens (tertiary/aromatic N) is 1. The molecule has 1 atom stereocenters. The fourth-order valence-electron chi connectivity index (χ4n) is 2.25. The molecule has 0 radical (unpaired) electrons. The van der Waals surface area contributed by atoms with Gasteiger partial charge in [-0.05, 0) is 61.7 Å². The summed E-state index contributed by atoms with van der Waals surface area (Å²) in [7, 11) is 0. The van der Waals surface area contributed by atoms with Crippen molar-refractivity contribution in [2.75, 3.05) is 6.54 Å². The first kappa shape index (κ1) is 15.2. The van der Waals surface area contributed by atoms with Gasteiger partial charge < -0.3 is 5.32 Å². The Kier molecular flexibility index (Phi) is 5.74. The van der Waals surface area contributed by atoms with Crippen LogP contribution in [0.1, 0.15) is 36.2 Å². The molecule has 1 aromatic heterocycles. The fourth-order valence-corrected chi connectivity index (χ4v) is 2.70. The van der Waals surface area contributed by atoms with Gasteiger partial charge in [-0.1, -0.05) is 35.0 Å². The predicted molar refractivity (Wildman–Crippen MR) is 87.9 cm³/mol. The molecule has 1 aromatic carbocycles. The quantitative estimate of drug-likeness (QED) is 0.846. The van der Waals surface area contributed by atoms with Gasteiger partial charge in [0, 0.05) is 10.7 Å². The second kappa shape index (κ2) is 7.55. The SMILES string of the molecule is CCCNC(Cc1cccc(Br)c1)c1cc(C)ccn1. The normalized spacial score (nSPS) is 12.3. The minimum Gasteiger partial charge on any atom is -0.308 e. The third-order valence-corrected chi connectivity index (χ3v) is 3.76. The summed E-state index contributed by atoms with van der Waals surface area (Å²) in [5, 5.41) is 3.60. The molecule has 0 amide bonds. The topological polar surface area (TPSA) is 24.9 Å². The molecule has 1 heterocycles. The van der Waals surface area contributed by atoms with Crippen LogP contribution in [0.25, 0.3) is 0 Å². The van der Waals surface area contributed by atoms with Crippen molar-refractivity contribution in [3.8, 4) is 0 Å². The monoisotopic (exact) mass is 332 g/mol. The van der Waals surface area contributed by atoms with E-state index in [4.69, 9.17) is 0 Å². The summed E-state index contributed by atoms with van der Waals surface area (Å²) in [4.78, 5) is 4.54. The first-order valence-electron chi connectivity index (χ1n) is 7.09. The number of halogens is 1. The van der Waals surface area contributed by atoms with Crippen molar-refractivity contribution in [1.82, 2.24) is 10.3 Å². The summed E-state index contributed by atoms with van der Waals surface area (Å²) in [6.45, 7) is 5.31. The van der Waals surface area contributed by atoms with E-state index in [0.717, 1.165) is 29.6 Å². The number of nitrogens with one attached hydrogen (secondary N) is 1. The molecule has 2 aromatic rings. The molecular formula is C17H21BrN2. The van der Waals surface area contributed by atoms with Crippen LogP contribution < -0.4 is 5.32 Å². The van der Waals surface area contributed by atoms with Gasteiger partial charge in [0.15, 0.2) is 0 Å². The summed E-state index contributed by atoms with van der Waals surface area (Å²) < 4.78 is 1.13. The zero-order valence-corrected chi connectivity index (χ0v) is 13.7. The summed E-state index contributed by atoms with van der Waals surface area (Å²) in [6.07, 6.45) is 3.98. The number of benzene rings is 1. The smallest absolute Gasteiger partial charge is 0.0579 e. The predicted octanol–water partition coefficient (Wildman–Crippen LogP) is 4.44. The third kappa shape index (κ3) is 4.43. The van der Waals surface area contributed by atoms with Crippen LogP contribution in [-0.2, 0) is 6.42 Å². The van der Waals surface area contributed by atoms with Crippen molar-refractivity contribution in [2.24, 2.45) is 0 Å². The summed E-state index contributed by atoms with van der Waals surface area (Å²) in [5.74, 6) is 0. The molecule has 1 unspecified atom stereocenters. The molecule has 0 bridgehead atoms. The van der Waals surface area contributed by atoms with Gasteiger partial charge >= 0.3 is 0 Å². The Morgan fingerprint density at radius 1 is 1.25 bits per heavy atom. The van der Waals surface area contributed by atoms with Gasteiger partial charge in [0.25, 0.3) is 0 Å². The second-order valence-corrected chi connectivity index (χ2v) is 6.01. The number of aryl methyl sites for hydroxylation is 1. The molecule has 0 aliphatic heterocycles. The minimum atomic E-state index is 0.268. The van der Waals surface area contributed by atoms with Crippen LogP contribution in [0.2, 0.25) is 0 Å². The molecule has 0 fully saturated rings. The first-order valence-corrected chi connectivity index (χ1v) is 7.88. The van der Waals surface area contributed by atoms with E-state index in [2.05, 4.69) is 70.4 Å². The van der Waals surface area contributed by atoms with Crippen molar-refractivity contribution in [2.45, 2.75) is 32.7 Å². The summed E-state index contributed by atoms with van der Waals surface area (Å²) in [5.41, 5.74) is 3.70. The Hall–Kier alpha value is -1.19. The maximum atomic E-state index is 4.54. The van der Waals surface area contributed by atoms with E-state index in [1.807, 2.05) is 12.3 Å². The Labute approximate surface area is 129 Å². The lowest BCUT2D eigenvalue weighted by Gasteiger charge is -2.18. The fraction of sp³-hybridized carbons (Fsp3) is 0.353. The van der Waals surface area contributed by atoms with Crippen molar-refractivity contribution < 1.29 is 0 Å². The highest BCUT2D eigenvalue weighted by molar-refractivity contribution is 9.10. The molecule has 0 saturated heterocycles. The van der Waals surface area contributed by atoms with Gasteiger partial charge in [-0.3, -0.25) is 4.98 Å². The van der Waals surface area contributed by atoms with Crippen LogP contribution in [0.4, 0.5) is 0 Å². The molecule has 1 N–H and O–H groups in total. The van der Waals surface area contributed by atoms with Gasteiger partial charge in [-0.15, -0.1) is 0 Å². The highest BCUT2D eigenvalue weighted by Crippen LogP contribution is 2.20. The van der Waals surface area contributed by atoms with Crippen molar-refractivity contribution >= 4 is 15.9 Å². The Morgan fingerprint density at radius 2 is 2.10 bits per heavy atom. The molecule has 0 spiro atoms. The lowest BCUT2D eigenvalue weighted by atomic mass is 10.0. The molecule has 0 aliphatic carbocycles. The lowest BCUT2D eigenvalue weighted by molar-refractivity contribution is 0.517. The molecule has 20 heavy (non-hydrogen) atoms. The molecular weight excluding hydrogens is 312 g/mol. The van der Waals surface area contributed by atoms with Crippen LogP contribution in [0.5, 0.6) is 0 Å². The Bertz CT molecular complexity index is 554. The molecule has 0 aliphatic rings. The average Bonchev–Trinajstić information content (AvgIpc) is 2.43. The molecule has 3 heteroatoms. The third-order valence-electron chi connectivity index (χ3n) is 3.26. The average molecular weight is 333 g/mol. The van der Waals surface area contributed by atoms with Crippen LogP contribution >= 0.6 is 15.9 Å². The van der Waals surface area contributed by atoms with Gasteiger partial charge in [0.1, 0.15) is 0 Å². The zero-order valence-electron chi connectivity index (χ0n) is 12.1. The van der Waals surface area contributed by atoms with Gasteiger partial charge in [0.2, 0.25) is 0 Å². The molecule has 106 valence electrons. The van der Waals surface area contributed by atoms with Crippen molar-refractivity contribution in [3.05, 3.63) is 63.9 Å². The Balaban J connectivity index is 2.19. The summed E-state index contributed by atoms with van der Waals surface area (Å²) >= 11 is 3.54. The number of hydrogen-bond donors (Lipinski definition) is 1. The standard InChI is InChI=1S/C17H21BrN2/c1-3-8-19-17(16-10-13(2)7-9-20-16)12-14-5-4-6-15(18)11-14/h4-7,9-11,17,19H,3,8,12H2,1-2H3. The van der Waals surface area contributed by atoms with E-state index < -0.39 is 0 Å². The van der Waals surface area contributed by atoms with Gasteiger partial charge in [0.05, 0.1) is 11.7 Å². The lowest BCUT2D eigenvalue weighted by Crippen LogP contribution is -2.25. The van der Waals surface area contributed by atoms with Gasteiger partial charge in [-0.25, -0.2) is 0 Å². The summed E-state index contributed by atoms with van der Waals surface area (Å²) in [6, 6.07) is 13.0. The van der Waals surface area contributed by atoms with Crippen molar-refractivity contribution in [1.29, 1.82) is 0 Å². The van der Waals surface area contributed by atoms with E-state index in [1.165, 1.54) is 11.1 Å². The first-order chi connectivity index (χ1) is 9.69. The highest BCUT2D eigenvalue weighted by atomic mass is 79.9. The van der Waals surface area contributed by atoms with E-state index >= 15 is 0 Å². The van der Waals surface area contributed by atoms with E-state index in [-0.39, 0.29) is 6.04 Å². The van der Waals surface area contributed by atoms with Crippen LogP contribution in [0.15, 0.2) is 47.1 Å². The number of pyridine rings is 1. The van der Waals surface area contributed by atoms with Crippen molar-refractivity contribution in [3.63, 3.8) is 0 Å². The van der Waals surface area contributed by atoms with Gasteiger partial charge in [-0.2, -0.15) is 0 Å².